The largest absolute Gasteiger partial charge is 0.385 e. The number of allylic oxidation sites excluding steroid dienone is 7. The molecule has 4 rings (SSSR count). The van der Waals surface area contributed by atoms with Crippen LogP contribution in [0, 0.1) is 17.8 Å². The summed E-state index contributed by atoms with van der Waals surface area (Å²) in [6.07, 6.45) is 18.6. The van der Waals surface area contributed by atoms with Crippen LogP contribution in [0.5, 0.6) is 0 Å². The SMILES string of the molecule is C=C(/N=C1/C=CC=C/C1=C(/N)N(C)C)N[C@H]1CC[C@@H](NC(=O)C2CC3C=CC2C3)CC1. The van der Waals surface area contributed by atoms with E-state index in [4.69, 9.17) is 5.73 Å². The number of carbonyl (C=O) groups is 1. The minimum absolute atomic E-state index is 0.191. The van der Waals surface area contributed by atoms with E-state index in [9.17, 15) is 4.79 Å². The lowest BCUT2D eigenvalue weighted by Crippen LogP contribution is -2.44. The van der Waals surface area contributed by atoms with Gasteiger partial charge in [-0.2, -0.15) is 0 Å². The highest BCUT2D eigenvalue weighted by Gasteiger charge is 2.40. The minimum Gasteiger partial charge on any atom is -0.385 e. The van der Waals surface area contributed by atoms with Gasteiger partial charge in [0.1, 0.15) is 11.6 Å². The lowest BCUT2D eigenvalue weighted by molar-refractivity contribution is -0.126. The molecular formula is C25H35N5O. The number of nitrogens with one attached hydrogen (secondary N) is 2. The topological polar surface area (TPSA) is 82.8 Å². The predicted molar refractivity (Wildman–Crippen MR) is 126 cm³/mol. The summed E-state index contributed by atoms with van der Waals surface area (Å²) >= 11 is 0. The standard InChI is InChI=1S/C25H35N5O/c1-16(28-23-7-5-4-6-21(23)24(26)30(2)3)27-19-10-12-20(13-11-19)29-25(31)22-15-17-8-9-18(22)14-17/h4-9,17-20,22,27H,1,10-15,26H2,2-3H3,(H,29,31)/b24-21+,28-23-/t17?,18?,19-,20+,22?. The molecule has 3 unspecified atom stereocenters. The van der Waals surface area contributed by atoms with Crippen LogP contribution in [0.15, 0.2) is 65.2 Å². The molecule has 6 nitrogen and oxygen atoms in total. The van der Waals surface area contributed by atoms with Crippen molar-refractivity contribution in [1.29, 1.82) is 0 Å². The van der Waals surface area contributed by atoms with Crippen molar-refractivity contribution in [3.8, 4) is 0 Å². The first kappa shape index (κ1) is 21.5. The Kier molecular flexibility index (Phi) is 6.35. The summed E-state index contributed by atoms with van der Waals surface area (Å²) in [6, 6.07) is 0.617. The highest BCUT2D eigenvalue weighted by Crippen LogP contribution is 2.43. The van der Waals surface area contributed by atoms with Crippen molar-refractivity contribution in [2.24, 2.45) is 28.5 Å². The van der Waals surface area contributed by atoms with Crippen LogP contribution in [0.4, 0.5) is 0 Å². The van der Waals surface area contributed by atoms with Crippen molar-refractivity contribution >= 4 is 11.6 Å². The van der Waals surface area contributed by atoms with Crippen LogP contribution in [0.2, 0.25) is 0 Å². The summed E-state index contributed by atoms with van der Waals surface area (Å²) in [5, 5.41) is 6.79. The second-order valence-electron chi connectivity index (χ2n) is 9.44. The molecule has 1 amide bonds. The van der Waals surface area contributed by atoms with Crippen molar-refractivity contribution in [3.63, 3.8) is 0 Å². The van der Waals surface area contributed by atoms with Gasteiger partial charge in [-0.25, -0.2) is 4.99 Å². The summed E-state index contributed by atoms with van der Waals surface area (Å²) in [4.78, 5) is 19.3. The molecule has 0 saturated heterocycles. The number of amides is 1. The number of aliphatic imine (C=N–C) groups is 1. The van der Waals surface area contributed by atoms with Crippen LogP contribution in [0.1, 0.15) is 38.5 Å². The van der Waals surface area contributed by atoms with E-state index in [1.165, 1.54) is 6.42 Å². The molecule has 6 heteroatoms. The van der Waals surface area contributed by atoms with Crippen molar-refractivity contribution in [2.45, 2.75) is 50.6 Å². The maximum Gasteiger partial charge on any atom is 0.223 e. The van der Waals surface area contributed by atoms with Crippen molar-refractivity contribution in [3.05, 3.63) is 60.3 Å². The van der Waals surface area contributed by atoms with Gasteiger partial charge in [-0.1, -0.05) is 30.9 Å². The van der Waals surface area contributed by atoms with Gasteiger partial charge in [0, 0.05) is 37.7 Å². The Hall–Kier alpha value is -2.76. The maximum atomic E-state index is 12.7. The van der Waals surface area contributed by atoms with Crippen LogP contribution in [0.25, 0.3) is 0 Å². The van der Waals surface area contributed by atoms with Gasteiger partial charge in [-0.15, -0.1) is 0 Å². The third kappa shape index (κ3) is 4.94. The molecule has 4 N–H and O–H groups in total. The van der Waals surface area contributed by atoms with Gasteiger partial charge in [-0.05, 0) is 62.5 Å². The fourth-order valence-corrected chi connectivity index (χ4v) is 5.21. The van der Waals surface area contributed by atoms with Gasteiger partial charge in [0.2, 0.25) is 5.91 Å². The molecule has 2 saturated carbocycles. The third-order valence-electron chi connectivity index (χ3n) is 6.98. The summed E-state index contributed by atoms with van der Waals surface area (Å²) in [5.74, 6) is 2.88. The highest BCUT2D eigenvalue weighted by atomic mass is 16.2. The van der Waals surface area contributed by atoms with Crippen molar-refractivity contribution in [1.82, 2.24) is 15.5 Å². The van der Waals surface area contributed by atoms with E-state index in [2.05, 4.69) is 34.4 Å². The number of nitrogens with zero attached hydrogens (tertiary/aromatic N) is 2. The average Bonchev–Trinajstić information content (AvgIpc) is 3.39. The van der Waals surface area contributed by atoms with Crippen LogP contribution in [-0.2, 0) is 4.79 Å². The first-order valence-electron chi connectivity index (χ1n) is 11.5. The van der Waals surface area contributed by atoms with Crippen LogP contribution in [-0.4, -0.2) is 42.7 Å². The molecule has 3 atom stereocenters. The second kappa shape index (κ2) is 9.16. The smallest absolute Gasteiger partial charge is 0.223 e. The number of nitrogens with two attached hydrogens (primary N) is 1. The Balaban J connectivity index is 1.26. The number of rotatable bonds is 6. The maximum absolute atomic E-state index is 12.7. The zero-order valence-electron chi connectivity index (χ0n) is 18.7. The Morgan fingerprint density at radius 1 is 1.06 bits per heavy atom. The fraction of sp³-hybridized carbons (Fsp3) is 0.520. The number of fused-ring (bicyclic) bond motifs is 2. The van der Waals surface area contributed by atoms with E-state index in [1.807, 2.05) is 43.3 Å². The first-order chi connectivity index (χ1) is 14.9. The number of hydrogen-bond donors (Lipinski definition) is 3. The van der Waals surface area contributed by atoms with E-state index >= 15 is 0 Å². The monoisotopic (exact) mass is 421 g/mol. The van der Waals surface area contributed by atoms with Gasteiger partial charge >= 0.3 is 0 Å². The average molecular weight is 422 g/mol. The molecule has 4 aliphatic rings. The molecule has 0 spiro atoms. The van der Waals surface area contributed by atoms with Gasteiger partial charge in [-0.3, -0.25) is 4.79 Å². The number of hydrogen-bond acceptors (Lipinski definition) is 5. The lowest BCUT2D eigenvalue weighted by atomic mass is 9.89. The molecule has 0 aromatic rings. The van der Waals surface area contributed by atoms with Crippen LogP contribution >= 0.6 is 0 Å². The second-order valence-corrected chi connectivity index (χ2v) is 9.44. The molecule has 0 aromatic heterocycles. The predicted octanol–water partition coefficient (Wildman–Crippen LogP) is 2.99. The Morgan fingerprint density at radius 2 is 1.74 bits per heavy atom. The number of carbonyl (C=O) groups excluding carboxylic acids is 1. The molecule has 166 valence electrons. The summed E-state index contributed by atoms with van der Waals surface area (Å²) in [7, 11) is 3.84. The van der Waals surface area contributed by atoms with Gasteiger partial charge in [0.25, 0.3) is 0 Å². The Labute approximate surface area is 185 Å². The molecule has 0 aromatic carbocycles. The molecular weight excluding hydrogens is 386 g/mol. The molecule has 31 heavy (non-hydrogen) atoms. The molecule has 2 bridgehead atoms. The summed E-state index contributed by atoms with van der Waals surface area (Å²) < 4.78 is 0. The lowest BCUT2D eigenvalue weighted by Gasteiger charge is -2.31. The quantitative estimate of drug-likeness (QED) is 0.576. The third-order valence-corrected chi connectivity index (χ3v) is 6.98. The van der Waals surface area contributed by atoms with Crippen molar-refractivity contribution in [2.75, 3.05) is 14.1 Å². The Bertz CT molecular complexity index is 870. The molecule has 2 fully saturated rings. The van der Waals surface area contributed by atoms with Crippen molar-refractivity contribution < 1.29 is 4.79 Å². The molecule has 0 radical (unpaired) electrons. The van der Waals surface area contributed by atoms with Crippen LogP contribution in [0.3, 0.4) is 0 Å². The summed E-state index contributed by atoms with van der Waals surface area (Å²) in [6.45, 7) is 4.11. The van der Waals surface area contributed by atoms with E-state index in [1.54, 1.807) is 0 Å². The van der Waals surface area contributed by atoms with E-state index in [-0.39, 0.29) is 17.9 Å². The Morgan fingerprint density at radius 3 is 2.35 bits per heavy atom. The minimum atomic E-state index is 0.191. The highest BCUT2D eigenvalue weighted by molar-refractivity contribution is 6.12. The normalized spacial score (nSPS) is 34.1. The first-order valence-corrected chi connectivity index (χ1v) is 11.5. The van der Waals surface area contributed by atoms with Crippen LogP contribution < -0.4 is 16.4 Å². The van der Waals surface area contributed by atoms with Gasteiger partial charge < -0.3 is 21.3 Å². The van der Waals surface area contributed by atoms with Gasteiger partial charge in [0.15, 0.2) is 0 Å². The van der Waals surface area contributed by atoms with E-state index in [0.29, 0.717) is 29.5 Å². The van der Waals surface area contributed by atoms with E-state index < -0.39 is 0 Å². The zero-order chi connectivity index (χ0) is 22.0. The molecule has 0 aliphatic heterocycles. The molecule has 0 heterocycles. The molecule has 4 aliphatic carbocycles. The van der Waals surface area contributed by atoms with E-state index in [0.717, 1.165) is 43.4 Å². The van der Waals surface area contributed by atoms with Gasteiger partial charge in [0.05, 0.1) is 5.71 Å². The zero-order valence-corrected chi connectivity index (χ0v) is 18.7. The summed E-state index contributed by atoms with van der Waals surface area (Å²) in [5.41, 5.74) is 7.93. The fourth-order valence-electron chi connectivity index (χ4n) is 5.21.